The van der Waals surface area contributed by atoms with Gasteiger partial charge in [0.2, 0.25) is 0 Å². The van der Waals surface area contributed by atoms with Gasteiger partial charge in [0, 0.05) is 29.6 Å². The van der Waals surface area contributed by atoms with Gasteiger partial charge in [0.05, 0.1) is 18.3 Å². The third kappa shape index (κ3) is 3.72. The van der Waals surface area contributed by atoms with Crippen molar-refractivity contribution < 1.29 is 9.53 Å². The van der Waals surface area contributed by atoms with Crippen molar-refractivity contribution in [1.29, 1.82) is 0 Å². The quantitative estimate of drug-likeness (QED) is 0.694. The second-order valence-corrected chi connectivity index (χ2v) is 7.26. The van der Waals surface area contributed by atoms with Crippen LogP contribution in [0.1, 0.15) is 28.9 Å². The van der Waals surface area contributed by atoms with Crippen molar-refractivity contribution in [3.63, 3.8) is 0 Å². The summed E-state index contributed by atoms with van der Waals surface area (Å²) in [5, 5.41) is 3.17. The molecule has 3 heterocycles. The van der Waals surface area contributed by atoms with Crippen molar-refractivity contribution in [1.82, 2.24) is 9.88 Å². The molecule has 1 atom stereocenters. The fraction of sp³-hybridized carbons (Fsp3) is 0.300. The Morgan fingerprint density at radius 1 is 1.28 bits per heavy atom. The first-order valence-electron chi connectivity index (χ1n) is 8.57. The average Bonchev–Trinajstić information content (AvgIpc) is 3.32. The van der Waals surface area contributed by atoms with Gasteiger partial charge in [-0.05, 0) is 60.0 Å². The van der Waals surface area contributed by atoms with Crippen LogP contribution in [-0.4, -0.2) is 35.0 Å². The maximum Gasteiger partial charge on any atom is 0.254 e. The molecule has 0 bridgehead atoms. The maximum atomic E-state index is 13.1. The number of nitrogens with zero attached hydrogens (tertiary/aromatic N) is 2. The van der Waals surface area contributed by atoms with E-state index in [9.17, 15) is 4.79 Å². The van der Waals surface area contributed by atoms with Crippen LogP contribution in [0.15, 0.2) is 54.0 Å². The monoisotopic (exact) mass is 352 g/mol. The number of amides is 1. The maximum absolute atomic E-state index is 13.1. The number of fused-ring (bicyclic) bond motifs is 1. The molecule has 1 aliphatic rings. The third-order valence-corrected chi connectivity index (χ3v) is 5.41. The first-order valence-corrected chi connectivity index (χ1v) is 9.45. The van der Waals surface area contributed by atoms with Gasteiger partial charge in [-0.1, -0.05) is 6.07 Å². The highest BCUT2D eigenvalue weighted by atomic mass is 32.1. The molecule has 3 aromatic rings. The summed E-state index contributed by atoms with van der Waals surface area (Å²) in [6.45, 7) is 1.90. The molecule has 4 nitrogen and oxygen atoms in total. The van der Waals surface area contributed by atoms with Gasteiger partial charge in [-0.2, -0.15) is 0 Å². The molecule has 4 rings (SSSR count). The Labute approximate surface area is 151 Å². The molecular formula is C20H20N2O2S. The van der Waals surface area contributed by atoms with E-state index in [1.807, 2.05) is 41.3 Å². The first kappa shape index (κ1) is 16.2. The summed E-state index contributed by atoms with van der Waals surface area (Å²) < 4.78 is 6.95. The normalized spacial score (nSPS) is 17.0. The van der Waals surface area contributed by atoms with Crippen molar-refractivity contribution in [3.8, 4) is 0 Å². The molecule has 0 aliphatic carbocycles. The minimum Gasteiger partial charge on any atom is -0.376 e. The van der Waals surface area contributed by atoms with Crippen LogP contribution >= 0.6 is 11.3 Å². The molecule has 0 spiro atoms. The van der Waals surface area contributed by atoms with Crippen LogP contribution in [0.2, 0.25) is 0 Å². The van der Waals surface area contributed by atoms with Crippen molar-refractivity contribution in [2.24, 2.45) is 0 Å². The summed E-state index contributed by atoms with van der Waals surface area (Å²) in [5.74, 6) is 0.0363. The molecule has 1 aromatic carbocycles. The van der Waals surface area contributed by atoms with Crippen LogP contribution < -0.4 is 0 Å². The Morgan fingerprint density at radius 3 is 3.04 bits per heavy atom. The highest BCUT2D eigenvalue weighted by Gasteiger charge is 2.24. The molecule has 1 aliphatic heterocycles. The lowest BCUT2D eigenvalue weighted by atomic mass is 10.1. The van der Waals surface area contributed by atoms with Crippen LogP contribution in [0.3, 0.4) is 0 Å². The Hall–Kier alpha value is -2.24. The number of rotatable bonds is 5. The predicted molar refractivity (Wildman–Crippen MR) is 99.8 cm³/mol. The summed E-state index contributed by atoms with van der Waals surface area (Å²) in [5.41, 5.74) is 1.62. The molecule has 0 saturated carbocycles. The second kappa shape index (κ2) is 7.33. The van der Waals surface area contributed by atoms with E-state index in [4.69, 9.17) is 4.74 Å². The van der Waals surface area contributed by atoms with Crippen LogP contribution in [0.25, 0.3) is 10.1 Å². The molecule has 1 amide bonds. The minimum absolute atomic E-state index is 0.0363. The Morgan fingerprint density at radius 2 is 2.24 bits per heavy atom. The van der Waals surface area contributed by atoms with Gasteiger partial charge >= 0.3 is 0 Å². The number of carbonyl (C=O) groups excluding carboxylic acids is 1. The Kier molecular flexibility index (Phi) is 4.76. The Balaban J connectivity index is 1.59. The fourth-order valence-electron chi connectivity index (χ4n) is 3.22. The van der Waals surface area contributed by atoms with E-state index in [-0.39, 0.29) is 12.0 Å². The number of aromatic nitrogens is 1. The van der Waals surface area contributed by atoms with Gasteiger partial charge in [-0.15, -0.1) is 11.3 Å². The van der Waals surface area contributed by atoms with Crippen molar-refractivity contribution in [2.75, 3.05) is 13.2 Å². The van der Waals surface area contributed by atoms with Gasteiger partial charge in [0.15, 0.2) is 0 Å². The zero-order valence-electron chi connectivity index (χ0n) is 13.9. The van der Waals surface area contributed by atoms with E-state index >= 15 is 0 Å². The molecule has 1 fully saturated rings. The summed E-state index contributed by atoms with van der Waals surface area (Å²) >= 11 is 1.69. The highest BCUT2D eigenvalue weighted by molar-refractivity contribution is 7.17. The number of hydrogen-bond acceptors (Lipinski definition) is 4. The summed E-state index contributed by atoms with van der Waals surface area (Å²) in [4.78, 5) is 19.4. The zero-order valence-corrected chi connectivity index (χ0v) is 14.7. The highest BCUT2D eigenvalue weighted by Crippen LogP contribution is 2.23. The number of ether oxygens (including phenoxy) is 1. The lowest BCUT2D eigenvalue weighted by Gasteiger charge is -2.25. The molecular weight excluding hydrogens is 332 g/mol. The van der Waals surface area contributed by atoms with Crippen LogP contribution in [0.4, 0.5) is 0 Å². The topological polar surface area (TPSA) is 42.4 Å². The average molecular weight is 352 g/mol. The summed E-state index contributed by atoms with van der Waals surface area (Å²) in [7, 11) is 0. The third-order valence-electron chi connectivity index (χ3n) is 4.51. The molecule has 1 saturated heterocycles. The smallest absolute Gasteiger partial charge is 0.254 e. The first-order chi connectivity index (χ1) is 12.3. The van der Waals surface area contributed by atoms with E-state index in [0.29, 0.717) is 13.1 Å². The minimum atomic E-state index is 0.0363. The Bertz CT molecular complexity index is 856. The van der Waals surface area contributed by atoms with Crippen LogP contribution in [0.5, 0.6) is 0 Å². The van der Waals surface area contributed by atoms with E-state index in [2.05, 4.69) is 16.4 Å². The molecule has 2 aromatic heterocycles. The molecule has 128 valence electrons. The number of pyridine rings is 1. The SMILES string of the molecule is O=C(c1ccc2sccc2c1)N(Cc1ccccn1)CC1CCCO1. The molecule has 1 unspecified atom stereocenters. The van der Waals surface area contributed by atoms with E-state index in [0.717, 1.165) is 36.1 Å². The molecule has 25 heavy (non-hydrogen) atoms. The molecule has 0 radical (unpaired) electrons. The second-order valence-electron chi connectivity index (χ2n) is 6.31. The number of hydrogen-bond donors (Lipinski definition) is 0. The van der Waals surface area contributed by atoms with E-state index < -0.39 is 0 Å². The number of thiophene rings is 1. The van der Waals surface area contributed by atoms with Crippen LogP contribution in [0, 0.1) is 0 Å². The predicted octanol–water partition coefficient (Wildman–Crippen LogP) is 4.12. The van der Waals surface area contributed by atoms with Gasteiger partial charge in [0.1, 0.15) is 0 Å². The van der Waals surface area contributed by atoms with Gasteiger partial charge < -0.3 is 9.64 Å². The lowest BCUT2D eigenvalue weighted by molar-refractivity contribution is 0.0504. The standard InChI is InChI=1S/C20H20N2O2S/c23-20(16-6-7-19-15(12-16)8-11-25-19)22(14-18-5-3-10-24-18)13-17-4-1-2-9-21-17/h1-2,4,6-9,11-12,18H,3,5,10,13-14H2. The lowest BCUT2D eigenvalue weighted by Crippen LogP contribution is -2.37. The fourth-order valence-corrected chi connectivity index (χ4v) is 3.99. The van der Waals surface area contributed by atoms with Crippen molar-refractivity contribution >= 4 is 27.3 Å². The van der Waals surface area contributed by atoms with Gasteiger partial charge in [-0.25, -0.2) is 0 Å². The van der Waals surface area contributed by atoms with Crippen molar-refractivity contribution in [2.45, 2.75) is 25.5 Å². The van der Waals surface area contributed by atoms with Crippen molar-refractivity contribution in [3.05, 3.63) is 65.3 Å². The van der Waals surface area contributed by atoms with Crippen LogP contribution in [-0.2, 0) is 11.3 Å². The zero-order chi connectivity index (χ0) is 17.1. The van der Waals surface area contributed by atoms with Gasteiger partial charge in [0.25, 0.3) is 5.91 Å². The van der Waals surface area contributed by atoms with E-state index in [1.54, 1.807) is 17.5 Å². The largest absolute Gasteiger partial charge is 0.376 e. The summed E-state index contributed by atoms with van der Waals surface area (Å²) in [6.07, 6.45) is 3.96. The molecule has 0 N–H and O–H groups in total. The van der Waals surface area contributed by atoms with Gasteiger partial charge in [-0.3, -0.25) is 9.78 Å². The summed E-state index contributed by atoms with van der Waals surface area (Å²) in [6, 6.07) is 13.8. The van der Waals surface area contributed by atoms with E-state index in [1.165, 1.54) is 4.70 Å². The number of benzene rings is 1. The number of carbonyl (C=O) groups is 1. The molecule has 5 heteroatoms.